The second-order valence-electron chi connectivity index (χ2n) is 8.72. The van der Waals surface area contributed by atoms with E-state index in [0.717, 1.165) is 36.9 Å². The zero-order valence-corrected chi connectivity index (χ0v) is 18.5. The third kappa shape index (κ3) is 3.84. The molecule has 2 aliphatic rings. The average molecular weight is 436 g/mol. The van der Waals surface area contributed by atoms with Crippen LogP contribution in [-0.2, 0) is 11.2 Å². The number of hydrogen-bond acceptors (Lipinski definition) is 5. The molecule has 0 unspecified atom stereocenters. The van der Waals surface area contributed by atoms with Crippen LogP contribution in [0, 0.1) is 17.3 Å². The van der Waals surface area contributed by atoms with Crippen LogP contribution in [0.2, 0.25) is 0 Å². The van der Waals surface area contributed by atoms with E-state index in [4.69, 9.17) is 15.9 Å². The maximum Gasteiger partial charge on any atom is 0.298 e. The predicted octanol–water partition coefficient (Wildman–Crippen LogP) is 1.60. The second kappa shape index (κ2) is 8.67. The fourth-order valence-electron chi connectivity index (χ4n) is 4.98. The summed E-state index contributed by atoms with van der Waals surface area (Å²) in [5, 5.41) is 16.6. The molecule has 32 heavy (non-hydrogen) atoms. The van der Waals surface area contributed by atoms with Crippen LogP contribution in [0.1, 0.15) is 48.1 Å². The topological polar surface area (TPSA) is 113 Å². The van der Waals surface area contributed by atoms with E-state index < -0.39 is 0 Å². The molecule has 1 spiro atoms. The minimum absolute atomic E-state index is 0.0768. The molecule has 8 nitrogen and oxygen atoms in total. The van der Waals surface area contributed by atoms with Gasteiger partial charge in [0.1, 0.15) is 17.1 Å². The molecule has 2 aromatic rings. The number of nitrogens with one attached hydrogen (secondary N) is 1. The molecule has 1 saturated heterocycles. The summed E-state index contributed by atoms with van der Waals surface area (Å²) < 4.78 is 1.78. The monoisotopic (exact) mass is 435 g/mol. The minimum atomic E-state index is -0.270. The molecule has 2 heterocycles. The van der Waals surface area contributed by atoms with Crippen molar-refractivity contribution in [2.75, 3.05) is 32.5 Å². The molecule has 1 aromatic heterocycles. The predicted molar refractivity (Wildman–Crippen MR) is 122 cm³/mol. The molecular weight excluding hydrogens is 406 g/mol. The Kier molecular flexibility index (Phi) is 5.94. The van der Waals surface area contributed by atoms with E-state index in [-0.39, 0.29) is 29.9 Å². The van der Waals surface area contributed by atoms with Gasteiger partial charge in [-0.3, -0.25) is 9.59 Å². The van der Waals surface area contributed by atoms with E-state index in [1.807, 2.05) is 29.2 Å². The number of benzene rings is 1. The third-order valence-corrected chi connectivity index (χ3v) is 6.67. The van der Waals surface area contributed by atoms with Crippen LogP contribution < -0.4 is 11.1 Å². The highest BCUT2D eigenvalue weighted by Gasteiger charge is 2.51. The van der Waals surface area contributed by atoms with Gasteiger partial charge in [-0.1, -0.05) is 30.2 Å². The number of carbonyl (C=O) groups excluding carboxylic acids is 2. The van der Waals surface area contributed by atoms with Crippen molar-refractivity contribution < 1.29 is 14.7 Å². The zero-order chi connectivity index (χ0) is 22.9. The summed E-state index contributed by atoms with van der Waals surface area (Å²) in [5.41, 5.74) is 9.26. The number of rotatable bonds is 5. The van der Waals surface area contributed by atoms with Crippen LogP contribution in [0.15, 0.2) is 24.3 Å². The van der Waals surface area contributed by atoms with Crippen molar-refractivity contribution in [2.24, 2.45) is 5.41 Å². The summed E-state index contributed by atoms with van der Waals surface area (Å²) in [5.74, 6) is 5.29. The normalized spacial score (nSPS) is 21.7. The first-order chi connectivity index (χ1) is 15.4. The van der Waals surface area contributed by atoms with Crippen molar-refractivity contribution in [1.29, 1.82) is 0 Å². The molecule has 1 aliphatic heterocycles. The number of likely N-dealkylation sites (tertiary alicyclic amines) is 1. The molecule has 0 radical (unpaired) electrons. The number of aliphatic hydroxyl groups is 1. The molecule has 1 aliphatic carbocycles. The van der Waals surface area contributed by atoms with E-state index in [0.29, 0.717) is 30.0 Å². The summed E-state index contributed by atoms with van der Waals surface area (Å²) in [6.07, 6.45) is 3.25. The molecular formula is C24H29N5O3. The highest BCUT2D eigenvalue weighted by atomic mass is 16.3. The van der Waals surface area contributed by atoms with Crippen molar-refractivity contribution in [3.05, 3.63) is 35.4 Å². The number of amides is 2. The lowest BCUT2D eigenvalue weighted by Crippen LogP contribution is -2.42. The van der Waals surface area contributed by atoms with Crippen LogP contribution in [0.25, 0.3) is 11.3 Å². The number of aromatic nitrogens is 2. The summed E-state index contributed by atoms with van der Waals surface area (Å²) >= 11 is 0. The van der Waals surface area contributed by atoms with Crippen LogP contribution in [-0.4, -0.2) is 58.3 Å². The molecule has 2 amide bonds. The lowest BCUT2D eigenvalue weighted by molar-refractivity contribution is -0.125. The molecule has 8 heteroatoms. The molecule has 0 bridgehead atoms. The van der Waals surface area contributed by atoms with Crippen LogP contribution in [0.5, 0.6) is 0 Å². The number of nitrogen functional groups attached to an aromatic ring is 1. The van der Waals surface area contributed by atoms with Crippen molar-refractivity contribution >= 4 is 17.6 Å². The van der Waals surface area contributed by atoms with Crippen molar-refractivity contribution in [3.63, 3.8) is 0 Å². The standard InChI is InChI=1S/C24H29N5O3/c1-3-4-19(31)28-11-10-24(15-28)13-18(14-24)29-22(25)20(23(32)26-2)21(27-29)17-7-5-16(6-8-17)9-12-30/h5-8,18,30H,9-15,25H2,1-2H3,(H,26,32). The Bertz CT molecular complexity index is 1090. The third-order valence-electron chi connectivity index (χ3n) is 6.67. The van der Waals surface area contributed by atoms with Gasteiger partial charge in [0.2, 0.25) is 0 Å². The van der Waals surface area contributed by atoms with Gasteiger partial charge in [0.25, 0.3) is 11.8 Å². The van der Waals surface area contributed by atoms with Gasteiger partial charge in [0.05, 0.1) is 6.04 Å². The van der Waals surface area contributed by atoms with E-state index in [2.05, 4.69) is 17.2 Å². The SMILES string of the molecule is CC#CC(=O)N1CCC2(CC(n3nc(-c4ccc(CCO)cc4)c(C(=O)NC)c3N)C2)C1. The Balaban J connectivity index is 1.57. The Morgan fingerprint density at radius 1 is 1.31 bits per heavy atom. The second-order valence-corrected chi connectivity index (χ2v) is 8.72. The number of nitrogens with zero attached hydrogens (tertiary/aromatic N) is 3. The highest BCUT2D eigenvalue weighted by Crippen LogP contribution is 2.54. The Morgan fingerprint density at radius 2 is 2.03 bits per heavy atom. The van der Waals surface area contributed by atoms with Crippen molar-refractivity contribution in [3.8, 4) is 23.1 Å². The summed E-state index contributed by atoms with van der Waals surface area (Å²) in [6.45, 7) is 3.19. The van der Waals surface area contributed by atoms with E-state index in [1.54, 1.807) is 18.7 Å². The van der Waals surface area contributed by atoms with Gasteiger partial charge >= 0.3 is 0 Å². The molecule has 1 saturated carbocycles. The maximum atomic E-state index is 12.6. The number of hydrogen-bond donors (Lipinski definition) is 3. The average Bonchev–Trinajstić information content (AvgIpc) is 3.35. The van der Waals surface area contributed by atoms with Crippen molar-refractivity contribution in [2.45, 2.75) is 38.6 Å². The first-order valence-corrected chi connectivity index (χ1v) is 10.9. The van der Waals surface area contributed by atoms with Gasteiger partial charge in [0, 0.05) is 32.3 Å². The Hall–Kier alpha value is -3.31. The van der Waals surface area contributed by atoms with E-state index in [9.17, 15) is 9.59 Å². The van der Waals surface area contributed by atoms with E-state index >= 15 is 0 Å². The molecule has 168 valence electrons. The van der Waals surface area contributed by atoms with Gasteiger partial charge in [-0.05, 0) is 49.5 Å². The first kappa shape index (κ1) is 21.9. The van der Waals surface area contributed by atoms with Gasteiger partial charge in [-0.25, -0.2) is 4.68 Å². The largest absolute Gasteiger partial charge is 0.396 e. The summed E-state index contributed by atoms with van der Waals surface area (Å²) in [7, 11) is 1.58. The van der Waals surface area contributed by atoms with Gasteiger partial charge < -0.3 is 21.1 Å². The first-order valence-electron chi connectivity index (χ1n) is 10.9. The van der Waals surface area contributed by atoms with Crippen molar-refractivity contribution in [1.82, 2.24) is 20.0 Å². The van der Waals surface area contributed by atoms with Crippen LogP contribution in [0.3, 0.4) is 0 Å². The van der Waals surface area contributed by atoms with Crippen LogP contribution >= 0.6 is 0 Å². The molecule has 4 N–H and O–H groups in total. The van der Waals surface area contributed by atoms with Gasteiger partial charge in [-0.15, -0.1) is 0 Å². The van der Waals surface area contributed by atoms with Gasteiger partial charge in [-0.2, -0.15) is 5.10 Å². The summed E-state index contributed by atoms with van der Waals surface area (Å²) in [6, 6.07) is 7.75. The lowest BCUT2D eigenvalue weighted by Gasteiger charge is -2.45. The molecule has 1 aromatic carbocycles. The highest BCUT2D eigenvalue weighted by molar-refractivity contribution is 6.04. The van der Waals surface area contributed by atoms with Crippen LogP contribution in [0.4, 0.5) is 5.82 Å². The lowest BCUT2D eigenvalue weighted by atomic mass is 9.65. The fraction of sp³-hybridized carbons (Fsp3) is 0.458. The van der Waals surface area contributed by atoms with Gasteiger partial charge in [0.15, 0.2) is 0 Å². The van der Waals surface area contributed by atoms with E-state index in [1.165, 1.54) is 0 Å². The fourth-order valence-corrected chi connectivity index (χ4v) is 4.98. The minimum Gasteiger partial charge on any atom is -0.396 e. The smallest absolute Gasteiger partial charge is 0.298 e. The Labute approximate surface area is 187 Å². The number of aliphatic hydroxyl groups excluding tert-OH is 1. The molecule has 4 rings (SSSR count). The maximum absolute atomic E-state index is 12.6. The number of anilines is 1. The zero-order valence-electron chi connectivity index (χ0n) is 18.5. The molecule has 0 atom stereocenters. The number of carbonyl (C=O) groups is 2. The summed E-state index contributed by atoms with van der Waals surface area (Å²) in [4.78, 5) is 26.6. The quantitative estimate of drug-likeness (QED) is 0.618. The number of nitrogens with two attached hydrogens (primary N) is 1. The Morgan fingerprint density at radius 3 is 2.66 bits per heavy atom. The molecule has 2 fully saturated rings.